The lowest BCUT2D eigenvalue weighted by Crippen LogP contribution is -2.33. The van der Waals surface area contributed by atoms with Gasteiger partial charge in [0.15, 0.2) is 0 Å². The predicted octanol–water partition coefficient (Wildman–Crippen LogP) is 3.02. The molecule has 1 fully saturated rings. The van der Waals surface area contributed by atoms with Crippen LogP contribution in [0.4, 0.5) is 0 Å². The Kier molecular flexibility index (Phi) is 7.80. The number of hydrogen-bond acceptors (Lipinski definition) is 5. The molecular weight excluding hydrogens is 440 g/mol. The summed E-state index contributed by atoms with van der Waals surface area (Å²) in [6, 6.07) is 7.57. The highest BCUT2D eigenvalue weighted by Gasteiger charge is 2.32. The number of aliphatic carboxylic acids is 1. The van der Waals surface area contributed by atoms with Crippen LogP contribution in [0.5, 0.6) is 0 Å². The molecule has 0 aliphatic carbocycles. The highest BCUT2D eigenvalue weighted by Crippen LogP contribution is 2.32. The van der Waals surface area contributed by atoms with Gasteiger partial charge in [-0.15, -0.1) is 0 Å². The van der Waals surface area contributed by atoms with E-state index in [-0.39, 0.29) is 31.2 Å². The number of halogens is 1. The molecule has 0 spiro atoms. The molecule has 0 atom stereocenters. The quantitative estimate of drug-likeness (QED) is 0.355. The largest absolute Gasteiger partial charge is 0.481 e. The molecule has 1 aromatic rings. The smallest absolute Gasteiger partial charge is 0.303 e. The summed E-state index contributed by atoms with van der Waals surface area (Å²) in [6.45, 7) is 0.498. The van der Waals surface area contributed by atoms with Crippen molar-refractivity contribution in [3.63, 3.8) is 0 Å². The van der Waals surface area contributed by atoms with Crippen molar-refractivity contribution in [3.05, 3.63) is 39.2 Å². The van der Waals surface area contributed by atoms with E-state index in [1.165, 1.54) is 16.7 Å². The van der Waals surface area contributed by atoms with Crippen LogP contribution in [-0.2, 0) is 14.4 Å². The van der Waals surface area contributed by atoms with Gasteiger partial charge in [-0.05, 0) is 30.2 Å². The number of carboxylic acid groups (broad SMARTS) is 1. The molecule has 2 rings (SSSR count). The Morgan fingerprint density at radius 3 is 2.81 bits per heavy atom. The standard InChI is InChI=1S/C17H17BrN2O4S2/c18-12-4-1-3-11(9-12)10-13-16(24)20(17(25)26-13)8-6-14(21)19-7-2-5-15(22)23/h1,3-4,9-10H,2,5-8H2,(H,19,21)(H,22,23)/b13-10-. The van der Waals surface area contributed by atoms with Gasteiger partial charge >= 0.3 is 5.97 Å². The number of thiocarbonyl (C=S) groups is 1. The highest BCUT2D eigenvalue weighted by atomic mass is 79.9. The Morgan fingerprint density at radius 1 is 1.35 bits per heavy atom. The fraction of sp³-hybridized carbons (Fsp3) is 0.294. The van der Waals surface area contributed by atoms with Crippen molar-refractivity contribution >= 4 is 68.1 Å². The SMILES string of the molecule is O=C(O)CCCNC(=O)CCN1C(=O)/C(=C/c2cccc(Br)c2)SC1=S. The molecule has 0 radical (unpaired) electrons. The van der Waals surface area contributed by atoms with Crippen LogP contribution < -0.4 is 5.32 Å². The third-order valence-electron chi connectivity index (χ3n) is 3.47. The molecule has 0 saturated carbocycles. The average molecular weight is 457 g/mol. The zero-order chi connectivity index (χ0) is 19.1. The van der Waals surface area contributed by atoms with Crippen molar-refractivity contribution in [1.82, 2.24) is 10.2 Å². The van der Waals surface area contributed by atoms with Gasteiger partial charge < -0.3 is 10.4 Å². The summed E-state index contributed by atoms with van der Waals surface area (Å²) in [7, 11) is 0. The van der Waals surface area contributed by atoms with E-state index in [2.05, 4.69) is 21.2 Å². The van der Waals surface area contributed by atoms with Crippen LogP contribution in [0.25, 0.3) is 6.08 Å². The van der Waals surface area contributed by atoms with E-state index in [4.69, 9.17) is 17.3 Å². The second-order valence-electron chi connectivity index (χ2n) is 5.49. The first-order valence-electron chi connectivity index (χ1n) is 7.86. The van der Waals surface area contributed by atoms with Crippen LogP contribution in [0.15, 0.2) is 33.6 Å². The summed E-state index contributed by atoms with van der Waals surface area (Å²) in [6.07, 6.45) is 2.27. The van der Waals surface area contributed by atoms with E-state index < -0.39 is 5.97 Å². The molecule has 1 heterocycles. The number of hydrogen-bond donors (Lipinski definition) is 2. The molecule has 0 unspecified atom stereocenters. The van der Waals surface area contributed by atoms with Crippen LogP contribution in [0.2, 0.25) is 0 Å². The van der Waals surface area contributed by atoms with E-state index >= 15 is 0 Å². The number of amides is 2. The number of carbonyl (C=O) groups is 3. The van der Waals surface area contributed by atoms with Gasteiger partial charge in [-0.3, -0.25) is 19.3 Å². The van der Waals surface area contributed by atoms with Gasteiger partial charge in [0.05, 0.1) is 4.91 Å². The summed E-state index contributed by atoms with van der Waals surface area (Å²) >= 11 is 9.85. The molecule has 0 bridgehead atoms. The molecule has 26 heavy (non-hydrogen) atoms. The fourth-order valence-corrected chi connectivity index (χ4v) is 3.94. The number of carbonyl (C=O) groups excluding carboxylic acids is 2. The van der Waals surface area contributed by atoms with Gasteiger partial charge in [-0.1, -0.05) is 52.0 Å². The zero-order valence-corrected chi connectivity index (χ0v) is 17.0. The first-order chi connectivity index (χ1) is 12.4. The second-order valence-corrected chi connectivity index (χ2v) is 8.08. The van der Waals surface area contributed by atoms with Gasteiger partial charge in [0.25, 0.3) is 5.91 Å². The minimum atomic E-state index is -0.894. The lowest BCUT2D eigenvalue weighted by molar-refractivity contribution is -0.137. The molecule has 2 amide bonds. The van der Waals surface area contributed by atoms with Gasteiger partial charge in [-0.2, -0.15) is 0 Å². The third kappa shape index (κ3) is 6.22. The summed E-state index contributed by atoms with van der Waals surface area (Å²) in [5.74, 6) is -1.34. The van der Waals surface area contributed by atoms with Crippen molar-refractivity contribution in [1.29, 1.82) is 0 Å². The molecular formula is C17H17BrN2O4S2. The fourth-order valence-electron chi connectivity index (χ4n) is 2.21. The van der Waals surface area contributed by atoms with Crippen LogP contribution in [0, 0.1) is 0 Å². The normalized spacial score (nSPS) is 15.6. The van der Waals surface area contributed by atoms with Crippen LogP contribution in [0.3, 0.4) is 0 Å². The summed E-state index contributed by atoms with van der Waals surface area (Å²) in [5.41, 5.74) is 0.885. The molecule has 1 aliphatic rings. The minimum absolute atomic E-state index is 0.00930. The second kappa shape index (κ2) is 9.84. The minimum Gasteiger partial charge on any atom is -0.481 e. The van der Waals surface area contributed by atoms with Crippen LogP contribution in [0.1, 0.15) is 24.8 Å². The topological polar surface area (TPSA) is 86.7 Å². The van der Waals surface area contributed by atoms with Crippen molar-refractivity contribution in [3.8, 4) is 0 Å². The Bertz CT molecular complexity index is 767. The predicted molar refractivity (Wildman–Crippen MR) is 109 cm³/mol. The van der Waals surface area contributed by atoms with E-state index in [0.29, 0.717) is 22.2 Å². The highest BCUT2D eigenvalue weighted by molar-refractivity contribution is 9.10. The lowest BCUT2D eigenvalue weighted by atomic mass is 10.2. The van der Waals surface area contributed by atoms with E-state index in [1.54, 1.807) is 6.08 Å². The maximum Gasteiger partial charge on any atom is 0.303 e. The monoisotopic (exact) mass is 456 g/mol. The molecule has 6 nitrogen and oxygen atoms in total. The first-order valence-corrected chi connectivity index (χ1v) is 9.88. The average Bonchev–Trinajstić information content (AvgIpc) is 2.83. The molecule has 138 valence electrons. The Balaban J connectivity index is 1.87. The molecule has 2 N–H and O–H groups in total. The van der Waals surface area contributed by atoms with E-state index in [9.17, 15) is 14.4 Å². The van der Waals surface area contributed by atoms with E-state index in [1.807, 2.05) is 24.3 Å². The van der Waals surface area contributed by atoms with Crippen molar-refractivity contribution in [2.45, 2.75) is 19.3 Å². The Labute approximate surface area is 169 Å². The summed E-state index contributed by atoms with van der Waals surface area (Å²) < 4.78 is 1.34. The lowest BCUT2D eigenvalue weighted by Gasteiger charge is -2.14. The number of nitrogens with one attached hydrogen (secondary N) is 1. The number of rotatable bonds is 8. The zero-order valence-electron chi connectivity index (χ0n) is 13.7. The maximum absolute atomic E-state index is 12.5. The van der Waals surface area contributed by atoms with Crippen LogP contribution in [-0.4, -0.2) is 45.2 Å². The van der Waals surface area contributed by atoms with Crippen LogP contribution >= 0.6 is 39.9 Å². The summed E-state index contributed by atoms with van der Waals surface area (Å²) in [5, 5.41) is 11.2. The third-order valence-corrected chi connectivity index (χ3v) is 5.34. The Morgan fingerprint density at radius 2 is 2.12 bits per heavy atom. The molecule has 0 aromatic heterocycles. The van der Waals surface area contributed by atoms with Gasteiger partial charge in [0, 0.05) is 30.4 Å². The molecule has 1 saturated heterocycles. The van der Waals surface area contributed by atoms with E-state index in [0.717, 1.165) is 10.0 Å². The van der Waals surface area contributed by atoms with Gasteiger partial charge in [0.1, 0.15) is 4.32 Å². The molecule has 1 aromatic carbocycles. The number of carboxylic acids is 1. The number of thioether (sulfide) groups is 1. The van der Waals surface area contributed by atoms with Crippen molar-refractivity contribution in [2.75, 3.05) is 13.1 Å². The van der Waals surface area contributed by atoms with Crippen molar-refractivity contribution in [2.24, 2.45) is 0 Å². The number of benzene rings is 1. The van der Waals surface area contributed by atoms with Gasteiger partial charge in [-0.25, -0.2) is 0 Å². The first kappa shape index (κ1) is 20.6. The number of nitrogens with zero attached hydrogens (tertiary/aromatic N) is 1. The summed E-state index contributed by atoms with van der Waals surface area (Å²) in [4.78, 5) is 36.7. The van der Waals surface area contributed by atoms with Gasteiger partial charge in [0.2, 0.25) is 5.91 Å². The van der Waals surface area contributed by atoms with Crippen molar-refractivity contribution < 1.29 is 19.5 Å². The molecule has 9 heteroatoms. The Hall–Kier alpha value is -1.71. The molecule has 1 aliphatic heterocycles. The maximum atomic E-state index is 12.5.